The number of aromatic nitrogens is 3. The van der Waals surface area contributed by atoms with Crippen molar-refractivity contribution in [3.8, 4) is 0 Å². The maximum atomic E-state index is 4.35. The van der Waals surface area contributed by atoms with E-state index in [9.17, 15) is 0 Å². The molecule has 72 valence electrons. The summed E-state index contributed by atoms with van der Waals surface area (Å²) in [5.41, 5.74) is 2.22. The Labute approximate surface area is 90.9 Å². The molecule has 0 aromatic carbocycles. The van der Waals surface area contributed by atoms with Gasteiger partial charge in [-0.2, -0.15) is 5.10 Å². The molecule has 0 spiro atoms. The quantitative estimate of drug-likeness (QED) is 0.820. The maximum absolute atomic E-state index is 4.35. The summed E-state index contributed by atoms with van der Waals surface area (Å²) in [7, 11) is 1.91. The molecule has 2 heterocycles. The fourth-order valence-corrected chi connectivity index (χ4v) is 1.84. The molecule has 2 rings (SSSR count). The average molecular weight is 252 g/mol. The minimum Gasteiger partial charge on any atom is -0.274 e. The first-order valence-electron chi connectivity index (χ1n) is 4.32. The van der Waals surface area contributed by atoms with Crippen molar-refractivity contribution in [1.82, 2.24) is 14.8 Å². The van der Waals surface area contributed by atoms with E-state index < -0.39 is 0 Å². The summed E-state index contributed by atoms with van der Waals surface area (Å²) in [5, 5.41) is 4.35. The topological polar surface area (TPSA) is 30.7 Å². The van der Waals surface area contributed by atoms with Gasteiger partial charge >= 0.3 is 0 Å². The molecule has 0 atom stereocenters. The van der Waals surface area contributed by atoms with Crippen LogP contribution in [0.1, 0.15) is 11.3 Å². The van der Waals surface area contributed by atoms with Gasteiger partial charge < -0.3 is 0 Å². The van der Waals surface area contributed by atoms with E-state index in [1.807, 2.05) is 31.6 Å². The van der Waals surface area contributed by atoms with Crippen LogP contribution in [0, 0.1) is 0 Å². The fourth-order valence-electron chi connectivity index (χ4n) is 1.32. The summed E-state index contributed by atoms with van der Waals surface area (Å²) < 4.78 is 2.85. The van der Waals surface area contributed by atoms with E-state index in [0.29, 0.717) is 0 Å². The van der Waals surface area contributed by atoms with Gasteiger partial charge in [0.2, 0.25) is 0 Å². The van der Waals surface area contributed by atoms with E-state index in [2.05, 4.69) is 26.0 Å². The van der Waals surface area contributed by atoms with Crippen LogP contribution in [0.5, 0.6) is 0 Å². The Morgan fingerprint density at radius 2 is 2.36 bits per heavy atom. The lowest BCUT2D eigenvalue weighted by Crippen LogP contribution is -1.93. The number of rotatable bonds is 2. The largest absolute Gasteiger partial charge is 0.274 e. The third kappa shape index (κ3) is 2.01. The third-order valence-electron chi connectivity index (χ3n) is 1.95. The van der Waals surface area contributed by atoms with Gasteiger partial charge in [-0.15, -0.1) is 0 Å². The first-order valence-corrected chi connectivity index (χ1v) is 5.12. The van der Waals surface area contributed by atoms with Crippen molar-refractivity contribution >= 4 is 15.9 Å². The second-order valence-electron chi connectivity index (χ2n) is 3.14. The van der Waals surface area contributed by atoms with Crippen molar-refractivity contribution < 1.29 is 0 Å². The number of hydrogen-bond donors (Lipinski definition) is 0. The zero-order valence-corrected chi connectivity index (χ0v) is 9.40. The molecule has 2 aromatic rings. The van der Waals surface area contributed by atoms with E-state index in [-0.39, 0.29) is 0 Å². The third-order valence-corrected chi connectivity index (χ3v) is 2.61. The Bertz CT molecular complexity index is 422. The minimum atomic E-state index is 0.815. The highest BCUT2D eigenvalue weighted by molar-refractivity contribution is 9.10. The summed E-state index contributed by atoms with van der Waals surface area (Å²) in [6, 6.07) is 3.99. The SMILES string of the molecule is Cn1cc(Br)c(Cc2cccnc2)n1. The molecule has 14 heavy (non-hydrogen) atoms. The van der Waals surface area contributed by atoms with Crippen LogP contribution in [0.4, 0.5) is 0 Å². The Morgan fingerprint density at radius 3 is 2.93 bits per heavy atom. The van der Waals surface area contributed by atoms with Crippen LogP contribution < -0.4 is 0 Å². The van der Waals surface area contributed by atoms with E-state index >= 15 is 0 Å². The van der Waals surface area contributed by atoms with Crippen molar-refractivity contribution in [2.45, 2.75) is 6.42 Å². The van der Waals surface area contributed by atoms with Gasteiger partial charge in [0.15, 0.2) is 0 Å². The van der Waals surface area contributed by atoms with Crippen LogP contribution in [0.3, 0.4) is 0 Å². The smallest absolute Gasteiger partial charge is 0.0810 e. The molecule has 0 bridgehead atoms. The van der Waals surface area contributed by atoms with Crippen molar-refractivity contribution in [1.29, 1.82) is 0 Å². The predicted octanol–water partition coefficient (Wildman–Crippen LogP) is 2.17. The highest BCUT2D eigenvalue weighted by Crippen LogP contribution is 2.17. The Balaban J connectivity index is 2.23. The highest BCUT2D eigenvalue weighted by atomic mass is 79.9. The lowest BCUT2D eigenvalue weighted by Gasteiger charge is -1.96. The molecule has 3 nitrogen and oxygen atoms in total. The van der Waals surface area contributed by atoms with Gasteiger partial charge in [0.25, 0.3) is 0 Å². The van der Waals surface area contributed by atoms with Crippen molar-refractivity contribution in [2.24, 2.45) is 7.05 Å². The lowest BCUT2D eigenvalue weighted by atomic mass is 10.2. The molecular formula is C10H10BrN3. The average Bonchev–Trinajstić information content (AvgIpc) is 2.47. The van der Waals surface area contributed by atoms with Gasteiger partial charge in [-0.05, 0) is 27.6 Å². The Kier molecular flexibility index (Phi) is 2.63. The summed E-state index contributed by atoms with van der Waals surface area (Å²) in [6.07, 6.45) is 6.40. The molecule has 0 N–H and O–H groups in total. The standard InChI is InChI=1S/C10H10BrN3/c1-14-7-9(11)10(13-14)5-8-3-2-4-12-6-8/h2-4,6-7H,5H2,1H3. The second-order valence-corrected chi connectivity index (χ2v) is 3.99. The summed E-state index contributed by atoms with van der Waals surface area (Å²) >= 11 is 3.47. The monoisotopic (exact) mass is 251 g/mol. The van der Waals surface area contributed by atoms with Crippen LogP contribution in [0.25, 0.3) is 0 Å². The molecular weight excluding hydrogens is 242 g/mol. The number of hydrogen-bond acceptors (Lipinski definition) is 2. The van der Waals surface area contributed by atoms with Crippen LogP contribution in [0.2, 0.25) is 0 Å². The zero-order chi connectivity index (χ0) is 9.97. The van der Waals surface area contributed by atoms with Gasteiger partial charge in [0, 0.05) is 32.1 Å². The fraction of sp³-hybridized carbons (Fsp3) is 0.200. The molecule has 0 aliphatic rings. The van der Waals surface area contributed by atoms with Crippen LogP contribution in [-0.4, -0.2) is 14.8 Å². The van der Waals surface area contributed by atoms with Crippen molar-refractivity contribution in [3.05, 3.63) is 46.5 Å². The molecule has 0 saturated heterocycles. The molecule has 0 radical (unpaired) electrons. The Morgan fingerprint density at radius 1 is 1.50 bits per heavy atom. The first-order chi connectivity index (χ1) is 6.75. The number of pyridine rings is 1. The van der Waals surface area contributed by atoms with Crippen LogP contribution in [-0.2, 0) is 13.5 Å². The number of aryl methyl sites for hydroxylation is 1. The van der Waals surface area contributed by atoms with Gasteiger partial charge in [0.1, 0.15) is 0 Å². The lowest BCUT2D eigenvalue weighted by molar-refractivity contribution is 0.749. The number of halogens is 1. The molecule has 2 aromatic heterocycles. The van der Waals surface area contributed by atoms with Gasteiger partial charge in [-0.3, -0.25) is 9.67 Å². The Hall–Kier alpha value is -1.16. The van der Waals surface area contributed by atoms with Gasteiger partial charge in [0.05, 0.1) is 10.2 Å². The van der Waals surface area contributed by atoms with Gasteiger partial charge in [-0.25, -0.2) is 0 Å². The predicted molar refractivity (Wildman–Crippen MR) is 58.0 cm³/mol. The van der Waals surface area contributed by atoms with E-state index in [0.717, 1.165) is 16.6 Å². The molecule has 0 aliphatic heterocycles. The van der Waals surface area contributed by atoms with E-state index in [4.69, 9.17) is 0 Å². The minimum absolute atomic E-state index is 0.815. The zero-order valence-electron chi connectivity index (χ0n) is 7.81. The summed E-state index contributed by atoms with van der Waals surface area (Å²) in [4.78, 5) is 4.07. The van der Waals surface area contributed by atoms with E-state index in [1.165, 1.54) is 5.56 Å². The normalized spacial score (nSPS) is 10.4. The van der Waals surface area contributed by atoms with Crippen LogP contribution in [0.15, 0.2) is 35.2 Å². The number of nitrogens with zero attached hydrogens (tertiary/aromatic N) is 3. The first kappa shape index (κ1) is 9.40. The molecule has 0 aliphatic carbocycles. The van der Waals surface area contributed by atoms with Crippen LogP contribution >= 0.6 is 15.9 Å². The molecule has 0 fully saturated rings. The van der Waals surface area contributed by atoms with Crippen molar-refractivity contribution in [3.63, 3.8) is 0 Å². The molecule has 4 heteroatoms. The molecule has 0 saturated carbocycles. The maximum Gasteiger partial charge on any atom is 0.0810 e. The van der Waals surface area contributed by atoms with Gasteiger partial charge in [-0.1, -0.05) is 6.07 Å². The highest BCUT2D eigenvalue weighted by Gasteiger charge is 2.05. The molecule has 0 amide bonds. The molecule has 0 unspecified atom stereocenters. The summed E-state index contributed by atoms with van der Waals surface area (Å²) in [5.74, 6) is 0. The van der Waals surface area contributed by atoms with Crippen molar-refractivity contribution in [2.75, 3.05) is 0 Å². The van der Waals surface area contributed by atoms with E-state index in [1.54, 1.807) is 10.9 Å². The summed E-state index contributed by atoms with van der Waals surface area (Å²) in [6.45, 7) is 0. The second kappa shape index (κ2) is 3.92.